The van der Waals surface area contributed by atoms with Crippen molar-refractivity contribution in [2.45, 2.75) is 13.8 Å². The Kier molecular flexibility index (Phi) is 4.51. The summed E-state index contributed by atoms with van der Waals surface area (Å²) in [5, 5.41) is 0. The smallest absolute Gasteiger partial charge is 0.153 e. The standard InChI is InChI=1S/C17H17FO2/c1-12(2)11-20-17-8-5-14(9-15(17)10-19)13-3-6-16(18)7-4-13/h3-10,12H,11H2,1-2H3. The maximum absolute atomic E-state index is 12.9. The highest BCUT2D eigenvalue weighted by atomic mass is 19.1. The van der Waals surface area contributed by atoms with E-state index in [9.17, 15) is 9.18 Å². The van der Waals surface area contributed by atoms with E-state index >= 15 is 0 Å². The van der Waals surface area contributed by atoms with Crippen molar-refractivity contribution in [2.24, 2.45) is 5.92 Å². The van der Waals surface area contributed by atoms with Gasteiger partial charge in [0.2, 0.25) is 0 Å². The number of ether oxygens (including phenoxy) is 1. The van der Waals surface area contributed by atoms with Gasteiger partial charge in [-0.2, -0.15) is 0 Å². The van der Waals surface area contributed by atoms with Gasteiger partial charge in [0.15, 0.2) is 6.29 Å². The molecule has 0 bridgehead atoms. The third-order valence-electron chi connectivity index (χ3n) is 2.89. The fraction of sp³-hybridized carbons (Fsp3) is 0.235. The molecule has 0 unspecified atom stereocenters. The number of rotatable bonds is 5. The second-order valence-corrected chi connectivity index (χ2v) is 5.08. The normalized spacial score (nSPS) is 10.6. The fourth-order valence-corrected chi connectivity index (χ4v) is 1.85. The average molecular weight is 272 g/mol. The number of halogens is 1. The van der Waals surface area contributed by atoms with Gasteiger partial charge in [0.25, 0.3) is 0 Å². The number of hydrogen-bond acceptors (Lipinski definition) is 2. The van der Waals surface area contributed by atoms with E-state index in [0.717, 1.165) is 17.4 Å². The van der Waals surface area contributed by atoms with E-state index in [4.69, 9.17) is 4.74 Å². The van der Waals surface area contributed by atoms with Crippen LogP contribution in [0.25, 0.3) is 11.1 Å². The van der Waals surface area contributed by atoms with Crippen molar-refractivity contribution in [2.75, 3.05) is 6.61 Å². The molecule has 0 aliphatic heterocycles. The minimum absolute atomic E-state index is 0.277. The van der Waals surface area contributed by atoms with Gasteiger partial charge >= 0.3 is 0 Å². The topological polar surface area (TPSA) is 26.3 Å². The Bertz CT molecular complexity index is 588. The highest BCUT2D eigenvalue weighted by Crippen LogP contribution is 2.26. The molecule has 0 fully saturated rings. The van der Waals surface area contributed by atoms with Crippen molar-refractivity contribution >= 4 is 6.29 Å². The number of carbonyl (C=O) groups excluding carboxylic acids is 1. The first-order chi connectivity index (χ1) is 9.60. The summed E-state index contributed by atoms with van der Waals surface area (Å²) < 4.78 is 18.5. The zero-order valence-electron chi connectivity index (χ0n) is 11.6. The molecule has 0 saturated carbocycles. The van der Waals surface area contributed by atoms with Crippen LogP contribution < -0.4 is 4.74 Å². The molecular formula is C17H17FO2. The van der Waals surface area contributed by atoms with Crippen LogP contribution in [0.15, 0.2) is 42.5 Å². The Morgan fingerprint density at radius 2 is 1.75 bits per heavy atom. The van der Waals surface area contributed by atoms with Crippen molar-refractivity contribution in [1.82, 2.24) is 0 Å². The third kappa shape index (κ3) is 3.44. The quantitative estimate of drug-likeness (QED) is 0.757. The van der Waals surface area contributed by atoms with Gasteiger partial charge in [-0.05, 0) is 41.3 Å². The Morgan fingerprint density at radius 1 is 1.10 bits per heavy atom. The molecule has 3 heteroatoms. The molecule has 0 atom stereocenters. The van der Waals surface area contributed by atoms with E-state index in [1.54, 1.807) is 24.3 Å². The predicted molar refractivity (Wildman–Crippen MR) is 77.6 cm³/mol. The summed E-state index contributed by atoms with van der Waals surface area (Å²) in [6.45, 7) is 4.66. The summed E-state index contributed by atoms with van der Waals surface area (Å²) in [4.78, 5) is 11.2. The van der Waals surface area contributed by atoms with Crippen molar-refractivity contribution in [3.05, 3.63) is 53.8 Å². The molecule has 0 radical (unpaired) electrons. The van der Waals surface area contributed by atoms with Crippen LogP contribution >= 0.6 is 0 Å². The molecule has 0 heterocycles. The minimum Gasteiger partial charge on any atom is -0.493 e. The predicted octanol–water partition coefficient (Wildman–Crippen LogP) is 4.34. The Labute approximate surface area is 118 Å². The van der Waals surface area contributed by atoms with E-state index in [2.05, 4.69) is 0 Å². The Morgan fingerprint density at radius 3 is 2.35 bits per heavy atom. The lowest BCUT2D eigenvalue weighted by atomic mass is 10.0. The van der Waals surface area contributed by atoms with Gasteiger partial charge in [0.05, 0.1) is 12.2 Å². The number of carbonyl (C=O) groups is 1. The molecular weight excluding hydrogens is 255 g/mol. The summed E-state index contributed by atoms with van der Waals surface area (Å²) in [7, 11) is 0. The van der Waals surface area contributed by atoms with Crippen molar-refractivity contribution in [1.29, 1.82) is 0 Å². The summed E-state index contributed by atoms with van der Waals surface area (Å²) in [6.07, 6.45) is 0.780. The molecule has 104 valence electrons. The first-order valence-electron chi connectivity index (χ1n) is 6.58. The highest BCUT2D eigenvalue weighted by Gasteiger charge is 2.07. The lowest BCUT2D eigenvalue weighted by molar-refractivity contribution is 0.111. The van der Waals surface area contributed by atoms with Gasteiger partial charge in [0.1, 0.15) is 11.6 Å². The summed E-state index contributed by atoms with van der Waals surface area (Å²) in [6, 6.07) is 11.6. The highest BCUT2D eigenvalue weighted by molar-refractivity contribution is 5.83. The SMILES string of the molecule is CC(C)COc1ccc(-c2ccc(F)cc2)cc1C=O. The van der Waals surface area contributed by atoms with Gasteiger partial charge in [-0.25, -0.2) is 4.39 Å². The fourth-order valence-electron chi connectivity index (χ4n) is 1.85. The Hall–Kier alpha value is -2.16. The number of benzene rings is 2. The summed E-state index contributed by atoms with van der Waals surface area (Å²) in [5.41, 5.74) is 2.24. The second kappa shape index (κ2) is 6.33. The van der Waals surface area contributed by atoms with E-state index in [1.807, 2.05) is 19.9 Å². The van der Waals surface area contributed by atoms with Crippen molar-refractivity contribution < 1.29 is 13.9 Å². The van der Waals surface area contributed by atoms with Crippen LogP contribution in [0.1, 0.15) is 24.2 Å². The molecule has 2 aromatic rings. The molecule has 0 aliphatic rings. The van der Waals surface area contributed by atoms with Gasteiger partial charge in [0, 0.05) is 0 Å². The third-order valence-corrected chi connectivity index (χ3v) is 2.89. The Balaban J connectivity index is 2.29. The summed E-state index contributed by atoms with van der Waals surface area (Å²) in [5.74, 6) is 0.701. The molecule has 2 nitrogen and oxygen atoms in total. The van der Waals surface area contributed by atoms with Crippen LogP contribution in [0.4, 0.5) is 4.39 Å². The molecule has 0 spiro atoms. The second-order valence-electron chi connectivity index (χ2n) is 5.08. The maximum atomic E-state index is 12.9. The van der Waals surface area contributed by atoms with Crippen LogP contribution in [0.3, 0.4) is 0 Å². The zero-order chi connectivity index (χ0) is 14.5. The van der Waals surface area contributed by atoms with Gasteiger partial charge in [-0.3, -0.25) is 4.79 Å². The largest absolute Gasteiger partial charge is 0.493 e. The van der Waals surface area contributed by atoms with E-state index in [1.165, 1.54) is 12.1 Å². The molecule has 0 amide bonds. The molecule has 2 rings (SSSR count). The number of aldehydes is 1. The molecule has 0 saturated heterocycles. The first-order valence-corrected chi connectivity index (χ1v) is 6.58. The lowest BCUT2D eigenvalue weighted by Crippen LogP contribution is -2.06. The molecule has 0 N–H and O–H groups in total. The molecule has 20 heavy (non-hydrogen) atoms. The van der Waals surface area contributed by atoms with Gasteiger partial charge in [-0.15, -0.1) is 0 Å². The monoisotopic (exact) mass is 272 g/mol. The zero-order valence-corrected chi connectivity index (χ0v) is 11.6. The van der Waals surface area contributed by atoms with Crippen LogP contribution in [0.5, 0.6) is 5.75 Å². The summed E-state index contributed by atoms with van der Waals surface area (Å²) >= 11 is 0. The van der Waals surface area contributed by atoms with Crippen LogP contribution in [0.2, 0.25) is 0 Å². The van der Waals surface area contributed by atoms with Crippen molar-refractivity contribution in [3.63, 3.8) is 0 Å². The van der Waals surface area contributed by atoms with Crippen LogP contribution in [-0.2, 0) is 0 Å². The average Bonchev–Trinajstić information content (AvgIpc) is 2.45. The maximum Gasteiger partial charge on any atom is 0.153 e. The van der Waals surface area contributed by atoms with Crippen LogP contribution in [-0.4, -0.2) is 12.9 Å². The van der Waals surface area contributed by atoms with E-state index in [-0.39, 0.29) is 5.82 Å². The molecule has 0 aliphatic carbocycles. The molecule has 0 aromatic heterocycles. The van der Waals surface area contributed by atoms with Crippen LogP contribution in [0, 0.1) is 11.7 Å². The number of hydrogen-bond donors (Lipinski definition) is 0. The lowest BCUT2D eigenvalue weighted by Gasteiger charge is -2.12. The van der Waals surface area contributed by atoms with E-state index in [0.29, 0.717) is 23.8 Å². The molecule has 2 aromatic carbocycles. The first kappa shape index (κ1) is 14.3. The van der Waals surface area contributed by atoms with E-state index < -0.39 is 0 Å². The van der Waals surface area contributed by atoms with Gasteiger partial charge < -0.3 is 4.74 Å². The minimum atomic E-state index is -0.277. The van der Waals surface area contributed by atoms with Gasteiger partial charge in [-0.1, -0.05) is 32.0 Å². The van der Waals surface area contributed by atoms with Crippen molar-refractivity contribution in [3.8, 4) is 16.9 Å².